The van der Waals surface area contributed by atoms with Crippen LogP contribution in [0.1, 0.15) is 20.3 Å². The summed E-state index contributed by atoms with van der Waals surface area (Å²) >= 11 is 0. The summed E-state index contributed by atoms with van der Waals surface area (Å²) in [6.07, 6.45) is 0.397. The minimum absolute atomic E-state index is 0.0143. The van der Waals surface area contributed by atoms with Crippen LogP contribution < -0.4 is 4.90 Å². The summed E-state index contributed by atoms with van der Waals surface area (Å²) in [6, 6.07) is 5.36. The highest BCUT2D eigenvalue weighted by Gasteiger charge is 2.34. The van der Waals surface area contributed by atoms with Crippen molar-refractivity contribution in [2.24, 2.45) is 0 Å². The Kier molecular flexibility index (Phi) is 3.83. The number of nitrogens with zero attached hydrogens (tertiary/aromatic N) is 2. The summed E-state index contributed by atoms with van der Waals surface area (Å²) in [5, 5.41) is 0. The van der Waals surface area contributed by atoms with Gasteiger partial charge in [0, 0.05) is 25.2 Å². The fraction of sp³-hybridized carbons (Fsp3) is 0.429. The lowest BCUT2D eigenvalue weighted by atomic mass is 10.1. The Morgan fingerprint density at radius 2 is 1.95 bits per heavy atom. The molecule has 4 nitrogen and oxygen atoms in total. The van der Waals surface area contributed by atoms with Crippen molar-refractivity contribution in [3.8, 4) is 0 Å². The summed E-state index contributed by atoms with van der Waals surface area (Å²) in [7, 11) is 0. The van der Waals surface area contributed by atoms with Crippen LogP contribution in [0, 0.1) is 5.82 Å². The van der Waals surface area contributed by atoms with Crippen LogP contribution in [0.2, 0.25) is 0 Å². The van der Waals surface area contributed by atoms with Crippen molar-refractivity contribution in [2.75, 3.05) is 18.0 Å². The third-order valence-electron chi connectivity index (χ3n) is 3.42. The first-order chi connectivity index (χ1) is 9.04. The first-order valence-corrected chi connectivity index (χ1v) is 6.41. The first-order valence-electron chi connectivity index (χ1n) is 6.41. The minimum Gasteiger partial charge on any atom is -0.329 e. The molecule has 1 saturated heterocycles. The molecule has 1 fully saturated rings. The highest BCUT2D eigenvalue weighted by atomic mass is 19.1. The van der Waals surface area contributed by atoms with Gasteiger partial charge < -0.3 is 9.80 Å². The second kappa shape index (κ2) is 5.38. The molecule has 1 aromatic carbocycles. The van der Waals surface area contributed by atoms with Gasteiger partial charge in [0.2, 0.25) is 11.8 Å². The molecule has 1 aromatic rings. The van der Waals surface area contributed by atoms with E-state index in [9.17, 15) is 14.0 Å². The molecule has 102 valence electrons. The van der Waals surface area contributed by atoms with Gasteiger partial charge in [0.1, 0.15) is 11.9 Å². The van der Waals surface area contributed by atoms with Gasteiger partial charge in [0.05, 0.1) is 0 Å². The lowest BCUT2D eigenvalue weighted by Gasteiger charge is -2.39. The average molecular weight is 264 g/mol. The number of anilines is 1. The molecule has 0 bridgehead atoms. The molecule has 0 unspecified atom stereocenters. The zero-order valence-electron chi connectivity index (χ0n) is 11.1. The summed E-state index contributed by atoms with van der Waals surface area (Å²) in [6.45, 7) is 4.47. The molecule has 2 rings (SSSR count). The van der Waals surface area contributed by atoms with E-state index in [1.54, 1.807) is 35.8 Å². The number of hydrogen-bond donors (Lipinski definition) is 0. The molecule has 19 heavy (non-hydrogen) atoms. The van der Waals surface area contributed by atoms with E-state index in [0.717, 1.165) is 0 Å². The Morgan fingerprint density at radius 3 is 2.53 bits per heavy atom. The highest BCUT2D eigenvalue weighted by Crippen LogP contribution is 2.21. The van der Waals surface area contributed by atoms with E-state index < -0.39 is 6.04 Å². The molecule has 0 aromatic heterocycles. The molecule has 5 heteroatoms. The van der Waals surface area contributed by atoms with Crippen molar-refractivity contribution in [1.82, 2.24) is 4.90 Å². The van der Waals surface area contributed by atoms with E-state index in [1.165, 1.54) is 12.1 Å². The van der Waals surface area contributed by atoms with Gasteiger partial charge in [-0.2, -0.15) is 0 Å². The molecule has 1 aliphatic rings. The van der Waals surface area contributed by atoms with Crippen molar-refractivity contribution < 1.29 is 14.0 Å². The molecule has 0 radical (unpaired) electrons. The van der Waals surface area contributed by atoms with Crippen molar-refractivity contribution in [1.29, 1.82) is 0 Å². The molecule has 2 amide bonds. The summed E-state index contributed by atoms with van der Waals surface area (Å²) in [5.41, 5.74) is 0.668. The average Bonchev–Trinajstić information content (AvgIpc) is 2.42. The van der Waals surface area contributed by atoms with Crippen molar-refractivity contribution >= 4 is 17.5 Å². The number of halogens is 1. The van der Waals surface area contributed by atoms with Crippen LogP contribution in [0.4, 0.5) is 10.1 Å². The second-order valence-corrected chi connectivity index (χ2v) is 4.58. The van der Waals surface area contributed by atoms with E-state index in [2.05, 4.69) is 0 Å². The van der Waals surface area contributed by atoms with Crippen molar-refractivity contribution in [3.63, 3.8) is 0 Å². The maximum absolute atomic E-state index is 12.9. The Balaban J connectivity index is 2.17. The Morgan fingerprint density at radius 1 is 1.32 bits per heavy atom. The lowest BCUT2D eigenvalue weighted by Crippen LogP contribution is -2.57. The normalized spacial score (nSPS) is 19.7. The summed E-state index contributed by atoms with van der Waals surface area (Å²) < 4.78 is 12.9. The lowest BCUT2D eigenvalue weighted by molar-refractivity contribution is -0.140. The number of amides is 2. The predicted octanol–water partition coefficient (Wildman–Crippen LogP) is 1.80. The van der Waals surface area contributed by atoms with Crippen LogP contribution in [0.5, 0.6) is 0 Å². The molecule has 1 atom stereocenters. The maximum atomic E-state index is 12.9. The molecule has 0 spiro atoms. The highest BCUT2D eigenvalue weighted by molar-refractivity contribution is 6.00. The van der Waals surface area contributed by atoms with Crippen LogP contribution in [0.25, 0.3) is 0 Å². The first kappa shape index (κ1) is 13.5. The summed E-state index contributed by atoms with van der Waals surface area (Å²) in [5.74, 6) is -0.469. The van der Waals surface area contributed by atoms with Gasteiger partial charge >= 0.3 is 0 Å². The van der Waals surface area contributed by atoms with Gasteiger partial charge in [-0.1, -0.05) is 6.92 Å². The van der Waals surface area contributed by atoms with E-state index in [-0.39, 0.29) is 17.6 Å². The van der Waals surface area contributed by atoms with Crippen LogP contribution in [-0.2, 0) is 9.59 Å². The Hall–Kier alpha value is -1.91. The van der Waals surface area contributed by atoms with Crippen LogP contribution >= 0.6 is 0 Å². The van der Waals surface area contributed by atoms with E-state index in [4.69, 9.17) is 0 Å². The zero-order chi connectivity index (χ0) is 14.0. The third-order valence-corrected chi connectivity index (χ3v) is 3.42. The van der Waals surface area contributed by atoms with Crippen LogP contribution in [0.15, 0.2) is 24.3 Å². The predicted molar refractivity (Wildman–Crippen MR) is 70.2 cm³/mol. The Bertz CT molecular complexity index is 487. The second-order valence-electron chi connectivity index (χ2n) is 4.58. The van der Waals surface area contributed by atoms with Crippen LogP contribution in [0.3, 0.4) is 0 Å². The summed E-state index contributed by atoms with van der Waals surface area (Å²) in [4.78, 5) is 27.2. The SMILES string of the molecule is CCC(=O)N1CCN(c2ccc(F)cc2)C(=O)[C@H]1C. The number of hydrogen-bond acceptors (Lipinski definition) is 2. The Labute approximate surface area is 111 Å². The molecular weight excluding hydrogens is 247 g/mol. The quantitative estimate of drug-likeness (QED) is 0.817. The minimum atomic E-state index is -0.466. The number of carbonyl (C=O) groups excluding carboxylic acids is 2. The van der Waals surface area contributed by atoms with Crippen molar-refractivity contribution in [2.45, 2.75) is 26.3 Å². The molecule has 0 saturated carbocycles. The smallest absolute Gasteiger partial charge is 0.249 e. The zero-order valence-corrected chi connectivity index (χ0v) is 11.1. The van der Waals surface area contributed by atoms with Gasteiger partial charge in [0.15, 0.2) is 0 Å². The van der Waals surface area contributed by atoms with Crippen molar-refractivity contribution in [3.05, 3.63) is 30.1 Å². The van der Waals surface area contributed by atoms with E-state index >= 15 is 0 Å². The van der Waals surface area contributed by atoms with Crippen LogP contribution in [-0.4, -0.2) is 35.8 Å². The molecular formula is C14H17FN2O2. The van der Waals surface area contributed by atoms with Gasteiger partial charge in [0.25, 0.3) is 0 Å². The van der Waals surface area contributed by atoms with Gasteiger partial charge in [-0.25, -0.2) is 4.39 Å². The van der Waals surface area contributed by atoms with E-state index in [1.807, 2.05) is 0 Å². The van der Waals surface area contributed by atoms with E-state index in [0.29, 0.717) is 25.2 Å². The monoisotopic (exact) mass is 264 g/mol. The number of rotatable bonds is 2. The number of piperazine rings is 1. The van der Waals surface area contributed by atoms with Gasteiger partial charge in [-0.3, -0.25) is 9.59 Å². The number of carbonyl (C=O) groups is 2. The molecule has 1 aliphatic heterocycles. The topological polar surface area (TPSA) is 40.6 Å². The molecule has 1 heterocycles. The van der Waals surface area contributed by atoms with Gasteiger partial charge in [-0.05, 0) is 31.2 Å². The standard InChI is InChI=1S/C14H17FN2O2/c1-3-13(18)16-8-9-17(14(19)10(16)2)12-6-4-11(15)5-7-12/h4-7,10H,3,8-9H2,1-2H3/t10-/m1/s1. The molecule has 0 aliphatic carbocycles. The third kappa shape index (κ3) is 2.59. The molecule has 0 N–H and O–H groups in total. The number of benzene rings is 1. The fourth-order valence-electron chi connectivity index (χ4n) is 2.29. The van der Waals surface area contributed by atoms with Gasteiger partial charge in [-0.15, -0.1) is 0 Å². The largest absolute Gasteiger partial charge is 0.329 e. The maximum Gasteiger partial charge on any atom is 0.249 e. The fourth-order valence-corrected chi connectivity index (χ4v) is 2.29.